The van der Waals surface area contributed by atoms with Crippen LogP contribution in [0.25, 0.3) is 0 Å². The molecule has 36 heavy (non-hydrogen) atoms. The summed E-state index contributed by atoms with van der Waals surface area (Å²) in [6, 6.07) is 1.83. The standard InChI is InChI=1S/C24H36FN7O3S/c1-4-36(33,34)32-17-6-5-7-18(32)14-19(13-17)31(3)24-27-22(16-8-10-35-11-9-16)21(25)23(28-24)26-20-12-15(2)29-30-20/h12,16-19H,4-11,13-14H2,1-3H3,(H2,26,27,28,29,30)/t17-,18+,19-. The molecule has 0 amide bonds. The van der Waals surface area contributed by atoms with Crippen LogP contribution in [0.3, 0.4) is 0 Å². The third kappa shape index (κ3) is 4.95. The maximum atomic E-state index is 15.7. The molecule has 2 aromatic rings. The fraction of sp³-hybridized carbons (Fsp3) is 0.708. The van der Waals surface area contributed by atoms with Gasteiger partial charge in [-0.3, -0.25) is 5.10 Å². The Hall–Kier alpha value is -2.31. The molecule has 2 N–H and O–H groups in total. The zero-order valence-electron chi connectivity index (χ0n) is 21.2. The summed E-state index contributed by atoms with van der Waals surface area (Å²) in [5.41, 5.74) is 1.25. The van der Waals surface area contributed by atoms with Gasteiger partial charge in [-0.1, -0.05) is 6.42 Å². The topological polar surface area (TPSA) is 116 Å². The van der Waals surface area contributed by atoms with Gasteiger partial charge in [-0.2, -0.15) is 14.4 Å². The van der Waals surface area contributed by atoms with E-state index in [-0.39, 0.29) is 35.6 Å². The Labute approximate surface area is 212 Å². The van der Waals surface area contributed by atoms with Crippen molar-refractivity contribution in [3.05, 3.63) is 23.3 Å². The number of fused-ring (bicyclic) bond motifs is 2. The second kappa shape index (κ2) is 10.2. The first-order valence-electron chi connectivity index (χ1n) is 12.9. The van der Waals surface area contributed by atoms with Crippen molar-refractivity contribution in [2.24, 2.45) is 0 Å². The minimum Gasteiger partial charge on any atom is -0.381 e. The van der Waals surface area contributed by atoms with Gasteiger partial charge in [0.05, 0.1) is 11.4 Å². The molecule has 0 aromatic carbocycles. The monoisotopic (exact) mass is 521 g/mol. The number of anilines is 3. The average molecular weight is 522 g/mol. The van der Waals surface area contributed by atoms with Crippen LogP contribution >= 0.6 is 0 Å². The number of sulfonamides is 1. The van der Waals surface area contributed by atoms with E-state index in [2.05, 4.69) is 20.5 Å². The van der Waals surface area contributed by atoms with E-state index in [9.17, 15) is 8.42 Å². The van der Waals surface area contributed by atoms with Crippen LogP contribution < -0.4 is 10.2 Å². The Bertz CT molecular complexity index is 1170. The maximum Gasteiger partial charge on any atom is 0.227 e. The maximum absolute atomic E-state index is 15.7. The molecule has 12 heteroatoms. The summed E-state index contributed by atoms with van der Waals surface area (Å²) in [4.78, 5) is 11.4. The minimum absolute atomic E-state index is 0.0186. The first kappa shape index (κ1) is 25.3. The SMILES string of the molecule is CCS(=O)(=O)N1[C@@H]2CCC[C@H]1C[C@H](N(C)c1nc(Nc3cc(C)[nH]n3)c(F)c(C3CCOCC3)n1)C2. The van der Waals surface area contributed by atoms with E-state index in [1.165, 1.54) is 0 Å². The summed E-state index contributed by atoms with van der Waals surface area (Å²) >= 11 is 0. The Balaban J connectivity index is 1.46. The van der Waals surface area contributed by atoms with Crippen LogP contribution in [0, 0.1) is 12.7 Å². The summed E-state index contributed by atoms with van der Waals surface area (Å²) in [5.74, 6) is 0.655. The summed E-state index contributed by atoms with van der Waals surface area (Å²) < 4.78 is 48.6. The second-order valence-corrected chi connectivity index (χ2v) is 12.4. The molecule has 0 saturated carbocycles. The van der Waals surface area contributed by atoms with E-state index in [0.717, 1.165) is 25.0 Å². The molecule has 198 valence electrons. The molecular formula is C24H36FN7O3S. The predicted octanol–water partition coefficient (Wildman–Crippen LogP) is 3.46. The van der Waals surface area contributed by atoms with Crippen molar-refractivity contribution in [2.75, 3.05) is 36.2 Å². The second-order valence-electron chi connectivity index (χ2n) is 10.2. The summed E-state index contributed by atoms with van der Waals surface area (Å²) in [6.07, 6.45) is 5.60. The van der Waals surface area contributed by atoms with E-state index < -0.39 is 15.8 Å². The van der Waals surface area contributed by atoms with Crippen LogP contribution in [-0.2, 0) is 14.8 Å². The van der Waals surface area contributed by atoms with E-state index in [1.54, 1.807) is 17.3 Å². The third-order valence-corrected chi connectivity index (χ3v) is 9.83. The highest BCUT2D eigenvalue weighted by Gasteiger charge is 2.45. The molecule has 5 rings (SSSR count). The van der Waals surface area contributed by atoms with Gasteiger partial charge in [-0.25, -0.2) is 17.8 Å². The Morgan fingerprint density at radius 1 is 1.19 bits per heavy atom. The van der Waals surface area contributed by atoms with Gasteiger partial charge in [0.2, 0.25) is 16.0 Å². The molecule has 10 nitrogen and oxygen atoms in total. The highest BCUT2D eigenvalue weighted by molar-refractivity contribution is 7.89. The fourth-order valence-corrected chi connectivity index (χ4v) is 7.52. The number of aromatic nitrogens is 4. The van der Waals surface area contributed by atoms with Gasteiger partial charge in [-0.05, 0) is 52.4 Å². The van der Waals surface area contributed by atoms with Crippen LogP contribution in [0.15, 0.2) is 6.07 Å². The van der Waals surface area contributed by atoms with Crippen molar-refractivity contribution in [1.82, 2.24) is 24.5 Å². The minimum atomic E-state index is -3.26. The number of piperidine rings is 2. The Kier molecular flexibility index (Phi) is 7.19. The molecule has 3 aliphatic heterocycles. The molecule has 5 heterocycles. The summed E-state index contributed by atoms with van der Waals surface area (Å²) in [6.45, 7) is 4.74. The van der Waals surface area contributed by atoms with Crippen LogP contribution in [0.4, 0.5) is 22.0 Å². The number of hydrogen-bond donors (Lipinski definition) is 2. The molecule has 2 aromatic heterocycles. The molecular weight excluding hydrogens is 485 g/mol. The first-order chi connectivity index (χ1) is 17.3. The normalized spacial score (nSPS) is 25.6. The van der Waals surface area contributed by atoms with Crippen LogP contribution in [0.5, 0.6) is 0 Å². The van der Waals surface area contributed by atoms with Crippen molar-refractivity contribution in [2.45, 2.75) is 82.8 Å². The molecule has 0 spiro atoms. The number of H-pyrrole nitrogens is 1. The van der Waals surface area contributed by atoms with E-state index in [0.29, 0.717) is 56.4 Å². The molecule has 3 saturated heterocycles. The van der Waals surface area contributed by atoms with Gasteiger partial charge in [0.1, 0.15) is 0 Å². The lowest BCUT2D eigenvalue weighted by molar-refractivity contribution is 0.0836. The Morgan fingerprint density at radius 3 is 2.50 bits per heavy atom. The van der Waals surface area contributed by atoms with Gasteiger partial charge in [0, 0.05) is 56.1 Å². The van der Waals surface area contributed by atoms with Gasteiger partial charge in [-0.15, -0.1) is 0 Å². The number of rotatable bonds is 7. The highest BCUT2D eigenvalue weighted by atomic mass is 32.2. The number of halogens is 1. The molecule has 0 radical (unpaired) electrons. The predicted molar refractivity (Wildman–Crippen MR) is 136 cm³/mol. The Morgan fingerprint density at radius 2 is 1.89 bits per heavy atom. The zero-order chi connectivity index (χ0) is 25.4. The van der Waals surface area contributed by atoms with Crippen LogP contribution in [0.2, 0.25) is 0 Å². The van der Waals surface area contributed by atoms with Crippen molar-refractivity contribution in [3.8, 4) is 0 Å². The molecule has 0 unspecified atom stereocenters. The van der Waals surface area contributed by atoms with Gasteiger partial charge < -0.3 is 15.0 Å². The third-order valence-electron chi connectivity index (χ3n) is 7.86. The van der Waals surface area contributed by atoms with E-state index >= 15 is 4.39 Å². The lowest BCUT2D eigenvalue weighted by Crippen LogP contribution is -2.58. The van der Waals surface area contributed by atoms with Crippen LogP contribution in [-0.4, -0.2) is 77.0 Å². The first-order valence-corrected chi connectivity index (χ1v) is 14.6. The van der Waals surface area contributed by atoms with Gasteiger partial charge >= 0.3 is 0 Å². The number of nitrogens with one attached hydrogen (secondary N) is 2. The number of ether oxygens (including phenoxy) is 1. The van der Waals surface area contributed by atoms with E-state index in [4.69, 9.17) is 9.72 Å². The average Bonchev–Trinajstić information content (AvgIpc) is 3.28. The molecule has 3 atom stereocenters. The largest absolute Gasteiger partial charge is 0.381 e. The van der Waals surface area contributed by atoms with Crippen molar-refractivity contribution in [1.29, 1.82) is 0 Å². The molecule has 3 fully saturated rings. The quantitative estimate of drug-likeness (QED) is 0.569. The van der Waals surface area contributed by atoms with Gasteiger partial charge in [0.25, 0.3) is 0 Å². The van der Waals surface area contributed by atoms with Crippen LogP contribution in [0.1, 0.15) is 69.2 Å². The summed E-state index contributed by atoms with van der Waals surface area (Å²) in [7, 11) is -1.32. The number of hydrogen-bond acceptors (Lipinski definition) is 8. The smallest absolute Gasteiger partial charge is 0.227 e. The summed E-state index contributed by atoms with van der Waals surface area (Å²) in [5, 5.41) is 10.1. The lowest BCUT2D eigenvalue weighted by Gasteiger charge is -2.49. The van der Waals surface area contributed by atoms with Crippen molar-refractivity contribution < 1.29 is 17.5 Å². The zero-order valence-corrected chi connectivity index (χ0v) is 22.0. The van der Waals surface area contributed by atoms with Crippen molar-refractivity contribution in [3.63, 3.8) is 0 Å². The van der Waals surface area contributed by atoms with Gasteiger partial charge in [0.15, 0.2) is 17.5 Å². The van der Waals surface area contributed by atoms with E-state index in [1.807, 2.05) is 18.9 Å². The molecule has 3 aliphatic rings. The lowest BCUT2D eigenvalue weighted by atomic mass is 9.83. The number of aryl methyl sites for hydroxylation is 1. The molecule has 2 bridgehead atoms. The fourth-order valence-electron chi connectivity index (χ4n) is 5.93. The van der Waals surface area contributed by atoms with Crippen molar-refractivity contribution >= 4 is 27.6 Å². The molecule has 0 aliphatic carbocycles. The number of nitrogens with zero attached hydrogens (tertiary/aromatic N) is 5. The number of aromatic amines is 1. The highest BCUT2D eigenvalue weighted by Crippen LogP contribution is 2.39.